The van der Waals surface area contributed by atoms with Gasteiger partial charge in [-0.05, 0) is 30.1 Å². The quantitative estimate of drug-likeness (QED) is 0.721. The van der Waals surface area contributed by atoms with Crippen molar-refractivity contribution in [3.8, 4) is 0 Å². The highest BCUT2D eigenvalue weighted by atomic mass is 35.5. The second kappa shape index (κ2) is 8.71. The molecule has 3 N–H and O–H groups in total. The van der Waals surface area contributed by atoms with Crippen LogP contribution >= 0.6 is 23.4 Å². The summed E-state index contributed by atoms with van der Waals surface area (Å²) in [6.45, 7) is 0.250. The molecule has 0 aliphatic rings. The Hall–Kier alpha value is -1.40. The number of nitrogens with one attached hydrogen (secondary N) is 2. The zero-order chi connectivity index (χ0) is 15.0. The fourth-order valence-electron chi connectivity index (χ4n) is 1.52. The van der Waals surface area contributed by atoms with Gasteiger partial charge in [-0.1, -0.05) is 29.8 Å². The van der Waals surface area contributed by atoms with Crippen molar-refractivity contribution >= 4 is 35.4 Å². The summed E-state index contributed by atoms with van der Waals surface area (Å²) in [6, 6.07) is 5.75. The average Bonchev–Trinajstić information content (AvgIpc) is 2.42. The summed E-state index contributed by atoms with van der Waals surface area (Å²) in [7, 11) is 0. The Kier molecular flexibility index (Phi) is 7.25. The highest BCUT2D eigenvalue weighted by molar-refractivity contribution is 7.98. The van der Waals surface area contributed by atoms with Crippen molar-refractivity contribution in [3.63, 3.8) is 0 Å². The first-order valence-corrected chi connectivity index (χ1v) is 7.81. The number of urea groups is 1. The van der Waals surface area contributed by atoms with Gasteiger partial charge in [-0.15, -0.1) is 0 Å². The van der Waals surface area contributed by atoms with Crippen molar-refractivity contribution in [1.29, 1.82) is 0 Å². The smallest absolute Gasteiger partial charge is 0.326 e. The third kappa shape index (κ3) is 5.71. The van der Waals surface area contributed by atoms with E-state index in [1.54, 1.807) is 18.2 Å². The van der Waals surface area contributed by atoms with E-state index in [-0.39, 0.29) is 6.54 Å². The Balaban J connectivity index is 2.46. The molecule has 0 aliphatic carbocycles. The zero-order valence-corrected chi connectivity index (χ0v) is 12.6. The van der Waals surface area contributed by atoms with Crippen LogP contribution in [0.2, 0.25) is 5.02 Å². The van der Waals surface area contributed by atoms with Crippen LogP contribution in [0.25, 0.3) is 0 Å². The zero-order valence-electron chi connectivity index (χ0n) is 11.1. The molecular weight excluding hydrogens is 300 g/mol. The van der Waals surface area contributed by atoms with Crippen LogP contribution < -0.4 is 10.6 Å². The number of carbonyl (C=O) groups is 2. The molecule has 1 atom stereocenters. The van der Waals surface area contributed by atoms with E-state index in [0.717, 1.165) is 5.56 Å². The van der Waals surface area contributed by atoms with Gasteiger partial charge in [-0.25, -0.2) is 9.59 Å². The Bertz CT molecular complexity index is 471. The van der Waals surface area contributed by atoms with Gasteiger partial charge in [0.15, 0.2) is 0 Å². The number of thioether (sulfide) groups is 1. The molecule has 110 valence electrons. The number of hydrogen-bond acceptors (Lipinski definition) is 3. The summed E-state index contributed by atoms with van der Waals surface area (Å²) in [5, 5.41) is 14.6. The Labute approximate surface area is 127 Å². The standard InChI is InChI=1S/C13H17ClN2O3S/c1-20-7-6-11(12(17)18)16-13(19)15-8-9-4-2-3-5-10(9)14/h2-5,11H,6-8H2,1H3,(H,17,18)(H2,15,16,19). The number of benzene rings is 1. The number of amides is 2. The Morgan fingerprint density at radius 1 is 1.40 bits per heavy atom. The maximum Gasteiger partial charge on any atom is 0.326 e. The third-order valence-corrected chi connectivity index (χ3v) is 3.62. The number of carboxylic acids is 1. The molecule has 20 heavy (non-hydrogen) atoms. The minimum absolute atomic E-state index is 0.250. The van der Waals surface area contributed by atoms with E-state index in [2.05, 4.69) is 10.6 Å². The molecule has 0 aliphatic heterocycles. The largest absolute Gasteiger partial charge is 0.480 e. The molecule has 0 spiro atoms. The van der Waals surface area contributed by atoms with Gasteiger partial charge < -0.3 is 15.7 Å². The molecule has 1 rings (SSSR count). The van der Waals surface area contributed by atoms with Crippen molar-refractivity contribution in [1.82, 2.24) is 10.6 Å². The van der Waals surface area contributed by atoms with Crippen molar-refractivity contribution < 1.29 is 14.7 Å². The van der Waals surface area contributed by atoms with Crippen LogP contribution in [0, 0.1) is 0 Å². The van der Waals surface area contributed by atoms with Crippen LogP contribution in [0.4, 0.5) is 4.79 Å². The number of halogens is 1. The van der Waals surface area contributed by atoms with Crippen LogP contribution in [0.3, 0.4) is 0 Å². The number of rotatable bonds is 7. The van der Waals surface area contributed by atoms with Gasteiger partial charge >= 0.3 is 12.0 Å². The highest BCUT2D eigenvalue weighted by Gasteiger charge is 2.19. The van der Waals surface area contributed by atoms with Crippen molar-refractivity contribution in [2.45, 2.75) is 19.0 Å². The van der Waals surface area contributed by atoms with E-state index in [0.29, 0.717) is 17.2 Å². The predicted molar refractivity (Wildman–Crippen MR) is 81.2 cm³/mol. The molecule has 7 heteroatoms. The lowest BCUT2D eigenvalue weighted by molar-refractivity contribution is -0.139. The lowest BCUT2D eigenvalue weighted by Gasteiger charge is -2.15. The first-order chi connectivity index (χ1) is 9.54. The fourth-order valence-corrected chi connectivity index (χ4v) is 2.19. The third-order valence-electron chi connectivity index (χ3n) is 2.61. The van der Waals surface area contributed by atoms with Gasteiger partial charge in [0.2, 0.25) is 0 Å². The van der Waals surface area contributed by atoms with Crippen LogP contribution in [0.5, 0.6) is 0 Å². The number of carboxylic acid groups (broad SMARTS) is 1. The molecule has 0 radical (unpaired) electrons. The van der Waals surface area contributed by atoms with Crippen LogP contribution in [0.1, 0.15) is 12.0 Å². The summed E-state index contributed by atoms with van der Waals surface area (Å²) in [4.78, 5) is 22.7. The van der Waals surface area contributed by atoms with Gasteiger partial charge in [0.1, 0.15) is 6.04 Å². The SMILES string of the molecule is CSCCC(NC(=O)NCc1ccccc1Cl)C(=O)O. The van der Waals surface area contributed by atoms with E-state index in [1.807, 2.05) is 12.3 Å². The van der Waals surface area contributed by atoms with Crippen LogP contribution in [-0.4, -0.2) is 35.2 Å². The van der Waals surface area contributed by atoms with Crippen molar-refractivity contribution in [2.24, 2.45) is 0 Å². The van der Waals surface area contributed by atoms with Crippen molar-refractivity contribution in [3.05, 3.63) is 34.9 Å². The lowest BCUT2D eigenvalue weighted by Crippen LogP contribution is -2.46. The fraction of sp³-hybridized carbons (Fsp3) is 0.385. The van der Waals surface area contributed by atoms with E-state index in [9.17, 15) is 9.59 Å². The summed E-state index contributed by atoms with van der Waals surface area (Å²) in [5.41, 5.74) is 0.778. The lowest BCUT2D eigenvalue weighted by atomic mass is 10.2. The molecule has 0 heterocycles. The normalized spacial score (nSPS) is 11.7. The van der Waals surface area contributed by atoms with E-state index in [1.165, 1.54) is 11.8 Å². The summed E-state index contributed by atoms with van der Waals surface area (Å²) < 4.78 is 0. The van der Waals surface area contributed by atoms with Gasteiger partial charge in [0, 0.05) is 11.6 Å². The molecule has 1 aromatic carbocycles. The monoisotopic (exact) mass is 316 g/mol. The maximum atomic E-state index is 11.7. The second-order valence-electron chi connectivity index (χ2n) is 4.09. The maximum absolute atomic E-state index is 11.7. The molecule has 5 nitrogen and oxygen atoms in total. The molecule has 0 fully saturated rings. The number of carbonyl (C=O) groups excluding carboxylic acids is 1. The molecule has 2 amide bonds. The Morgan fingerprint density at radius 3 is 2.70 bits per heavy atom. The molecule has 0 saturated heterocycles. The minimum atomic E-state index is -1.04. The number of hydrogen-bond donors (Lipinski definition) is 3. The topological polar surface area (TPSA) is 78.4 Å². The predicted octanol–water partition coefficient (Wildman–Crippen LogP) is 2.35. The summed E-state index contributed by atoms with van der Waals surface area (Å²) in [6.07, 6.45) is 2.27. The van der Waals surface area contributed by atoms with E-state index >= 15 is 0 Å². The molecular formula is C13H17ClN2O3S. The summed E-state index contributed by atoms with van der Waals surface area (Å²) in [5.74, 6) is -0.367. The van der Waals surface area contributed by atoms with Gasteiger partial charge in [-0.2, -0.15) is 11.8 Å². The average molecular weight is 317 g/mol. The highest BCUT2D eigenvalue weighted by Crippen LogP contribution is 2.14. The molecule has 1 unspecified atom stereocenters. The summed E-state index contributed by atoms with van der Waals surface area (Å²) >= 11 is 7.50. The van der Waals surface area contributed by atoms with Gasteiger partial charge in [0.25, 0.3) is 0 Å². The second-order valence-corrected chi connectivity index (χ2v) is 5.48. The van der Waals surface area contributed by atoms with Crippen LogP contribution in [-0.2, 0) is 11.3 Å². The molecule has 0 aromatic heterocycles. The first-order valence-electron chi connectivity index (χ1n) is 6.04. The number of aliphatic carboxylic acids is 1. The molecule has 0 bridgehead atoms. The van der Waals surface area contributed by atoms with Gasteiger partial charge in [-0.3, -0.25) is 0 Å². The van der Waals surface area contributed by atoms with Gasteiger partial charge in [0.05, 0.1) is 0 Å². The molecule has 0 saturated carbocycles. The minimum Gasteiger partial charge on any atom is -0.480 e. The van der Waals surface area contributed by atoms with E-state index in [4.69, 9.17) is 16.7 Å². The molecule has 1 aromatic rings. The Morgan fingerprint density at radius 2 is 2.10 bits per heavy atom. The van der Waals surface area contributed by atoms with Crippen LogP contribution in [0.15, 0.2) is 24.3 Å². The first kappa shape index (κ1) is 16.7. The van der Waals surface area contributed by atoms with E-state index < -0.39 is 18.0 Å². The van der Waals surface area contributed by atoms with Crippen molar-refractivity contribution in [2.75, 3.05) is 12.0 Å².